The summed E-state index contributed by atoms with van der Waals surface area (Å²) in [5.41, 5.74) is 0.966. The summed E-state index contributed by atoms with van der Waals surface area (Å²) in [6, 6.07) is 8.61. The predicted octanol–water partition coefficient (Wildman–Crippen LogP) is 4.58. The molecule has 0 spiro atoms. The number of hydrogen-bond donors (Lipinski definition) is 3. The Hall–Kier alpha value is -2.98. The van der Waals surface area contributed by atoms with Crippen LogP contribution in [0.1, 0.15) is 23.3 Å². The molecular weight excluding hydrogens is 439 g/mol. The number of aromatic nitrogens is 2. The Morgan fingerprint density at radius 3 is 2.72 bits per heavy atom. The van der Waals surface area contributed by atoms with E-state index in [0.717, 1.165) is 48.5 Å². The van der Waals surface area contributed by atoms with Crippen LogP contribution in [0.25, 0.3) is 11.3 Å². The zero-order chi connectivity index (χ0) is 22.6. The molecule has 0 bridgehead atoms. The molecule has 2 aromatic heterocycles. The molecule has 1 saturated heterocycles. The molecule has 10 heteroatoms. The van der Waals surface area contributed by atoms with Gasteiger partial charge in [-0.1, -0.05) is 17.4 Å². The highest BCUT2D eigenvalue weighted by atomic mass is 32.1. The Morgan fingerprint density at radius 1 is 1.19 bits per heavy atom. The van der Waals surface area contributed by atoms with E-state index in [0.29, 0.717) is 10.8 Å². The minimum absolute atomic E-state index is 0.00410. The van der Waals surface area contributed by atoms with Gasteiger partial charge in [0, 0.05) is 29.6 Å². The Morgan fingerprint density at radius 2 is 2.00 bits per heavy atom. The van der Waals surface area contributed by atoms with Gasteiger partial charge in [-0.2, -0.15) is 13.2 Å². The molecule has 0 unspecified atom stereocenters. The fraction of sp³-hybridized carbons (Fsp3) is 0.318. The van der Waals surface area contributed by atoms with Crippen LogP contribution in [-0.2, 0) is 17.5 Å². The van der Waals surface area contributed by atoms with Crippen LogP contribution in [0.4, 0.5) is 24.0 Å². The summed E-state index contributed by atoms with van der Waals surface area (Å²) in [5.74, 6) is -0.0156. The smallest absolute Gasteiger partial charge is 0.351 e. The number of benzene rings is 1. The zero-order valence-corrected chi connectivity index (χ0v) is 17.9. The molecule has 168 valence electrons. The Kier molecular flexibility index (Phi) is 6.71. The number of amides is 1. The number of pyridine rings is 1. The first-order chi connectivity index (χ1) is 15.4. The minimum Gasteiger partial charge on any atom is -0.351 e. The van der Waals surface area contributed by atoms with Gasteiger partial charge in [0.2, 0.25) is 5.91 Å². The molecule has 3 heterocycles. The second-order valence-corrected chi connectivity index (χ2v) is 8.56. The number of carbonyl (C=O) groups excluding carboxylic acids is 1. The summed E-state index contributed by atoms with van der Waals surface area (Å²) in [6.07, 6.45) is 0.488. The lowest BCUT2D eigenvalue weighted by Gasteiger charge is -2.21. The molecule has 1 aromatic carbocycles. The van der Waals surface area contributed by atoms with Crippen molar-refractivity contribution in [1.29, 1.82) is 0 Å². The number of piperidine rings is 1. The summed E-state index contributed by atoms with van der Waals surface area (Å²) in [5, 5.41) is 9.64. The SMILES string of the molecule is O=C(NCc1sc(Nc2cccc(C(F)(F)F)c2)nc1-c1cccnc1)C1CCNCC1. The van der Waals surface area contributed by atoms with Gasteiger partial charge in [-0.15, -0.1) is 0 Å². The summed E-state index contributed by atoms with van der Waals surface area (Å²) >= 11 is 1.29. The molecule has 3 aromatic rings. The maximum absolute atomic E-state index is 13.0. The van der Waals surface area contributed by atoms with E-state index in [1.165, 1.54) is 17.4 Å². The van der Waals surface area contributed by atoms with Crippen molar-refractivity contribution in [2.45, 2.75) is 25.6 Å². The van der Waals surface area contributed by atoms with E-state index >= 15 is 0 Å². The van der Waals surface area contributed by atoms with E-state index < -0.39 is 11.7 Å². The van der Waals surface area contributed by atoms with Crippen molar-refractivity contribution in [3.8, 4) is 11.3 Å². The lowest BCUT2D eigenvalue weighted by molar-refractivity contribution is -0.137. The first kappa shape index (κ1) is 22.2. The van der Waals surface area contributed by atoms with Crippen molar-refractivity contribution in [2.24, 2.45) is 5.92 Å². The second-order valence-electron chi connectivity index (χ2n) is 7.48. The maximum Gasteiger partial charge on any atom is 0.416 e. The lowest BCUT2D eigenvalue weighted by atomic mass is 9.97. The molecule has 6 nitrogen and oxygen atoms in total. The van der Waals surface area contributed by atoms with Gasteiger partial charge in [0.05, 0.1) is 22.7 Å². The van der Waals surface area contributed by atoms with Crippen molar-refractivity contribution >= 4 is 28.1 Å². The minimum atomic E-state index is -4.43. The van der Waals surface area contributed by atoms with Crippen LogP contribution in [0.15, 0.2) is 48.8 Å². The maximum atomic E-state index is 13.0. The average molecular weight is 462 g/mol. The standard InChI is InChI=1S/C22H22F3N5OS/c23-22(24,25)16-4-1-5-17(11-16)29-21-30-19(15-3-2-8-27-12-15)18(32-21)13-28-20(31)14-6-9-26-10-7-14/h1-5,8,11-12,14,26H,6-7,9-10,13H2,(H,28,31)(H,29,30). The number of halogens is 3. The van der Waals surface area contributed by atoms with Gasteiger partial charge in [-0.25, -0.2) is 4.98 Å². The molecule has 0 saturated carbocycles. The van der Waals surface area contributed by atoms with E-state index in [-0.39, 0.29) is 24.1 Å². The topological polar surface area (TPSA) is 78.9 Å². The molecule has 1 amide bonds. The van der Waals surface area contributed by atoms with Crippen LogP contribution in [0.3, 0.4) is 0 Å². The number of carbonyl (C=O) groups is 1. The highest BCUT2D eigenvalue weighted by Crippen LogP contribution is 2.35. The van der Waals surface area contributed by atoms with Crippen molar-refractivity contribution in [2.75, 3.05) is 18.4 Å². The third kappa shape index (κ3) is 5.43. The van der Waals surface area contributed by atoms with Crippen molar-refractivity contribution in [3.05, 3.63) is 59.2 Å². The van der Waals surface area contributed by atoms with Crippen LogP contribution in [0, 0.1) is 5.92 Å². The third-order valence-electron chi connectivity index (χ3n) is 5.21. The second kappa shape index (κ2) is 9.66. The number of hydrogen-bond acceptors (Lipinski definition) is 6. The first-order valence-corrected chi connectivity index (χ1v) is 11.0. The quantitative estimate of drug-likeness (QED) is 0.501. The number of nitrogens with zero attached hydrogens (tertiary/aromatic N) is 2. The highest BCUT2D eigenvalue weighted by Gasteiger charge is 2.30. The molecule has 1 aliphatic heterocycles. The number of anilines is 2. The third-order valence-corrected chi connectivity index (χ3v) is 6.18. The van der Waals surface area contributed by atoms with E-state index in [1.807, 2.05) is 6.07 Å². The van der Waals surface area contributed by atoms with Gasteiger partial charge in [-0.3, -0.25) is 9.78 Å². The molecule has 3 N–H and O–H groups in total. The zero-order valence-electron chi connectivity index (χ0n) is 17.1. The molecule has 4 rings (SSSR count). The first-order valence-electron chi connectivity index (χ1n) is 10.2. The van der Waals surface area contributed by atoms with E-state index in [2.05, 4.69) is 25.9 Å². The van der Waals surface area contributed by atoms with Gasteiger partial charge < -0.3 is 16.0 Å². The summed E-state index contributed by atoms with van der Waals surface area (Å²) in [7, 11) is 0. The Labute approximate surface area is 187 Å². The van der Waals surface area contributed by atoms with Crippen molar-refractivity contribution < 1.29 is 18.0 Å². The molecule has 1 fully saturated rings. The fourth-order valence-electron chi connectivity index (χ4n) is 3.55. The summed E-state index contributed by atoms with van der Waals surface area (Å²) < 4.78 is 39.1. The highest BCUT2D eigenvalue weighted by molar-refractivity contribution is 7.16. The molecule has 32 heavy (non-hydrogen) atoms. The van der Waals surface area contributed by atoms with Gasteiger partial charge in [-0.05, 0) is 56.3 Å². The summed E-state index contributed by atoms with van der Waals surface area (Å²) in [6.45, 7) is 1.93. The number of thiazole rings is 1. The molecule has 0 aliphatic carbocycles. The Bertz CT molecular complexity index is 1060. The molecule has 0 atom stereocenters. The van der Waals surface area contributed by atoms with Gasteiger partial charge in [0.15, 0.2) is 5.13 Å². The monoisotopic (exact) mass is 461 g/mol. The number of nitrogens with one attached hydrogen (secondary N) is 3. The lowest BCUT2D eigenvalue weighted by Crippen LogP contribution is -2.37. The van der Waals surface area contributed by atoms with Crippen molar-refractivity contribution in [1.82, 2.24) is 20.6 Å². The van der Waals surface area contributed by atoms with Crippen molar-refractivity contribution in [3.63, 3.8) is 0 Å². The number of alkyl halides is 3. The average Bonchev–Trinajstić information content (AvgIpc) is 3.21. The molecule has 1 aliphatic rings. The Balaban J connectivity index is 1.55. The largest absolute Gasteiger partial charge is 0.416 e. The molecular formula is C22H22F3N5OS. The van der Waals surface area contributed by atoms with Crippen LogP contribution in [-0.4, -0.2) is 29.0 Å². The summed E-state index contributed by atoms with van der Waals surface area (Å²) in [4.78, 5) is 22.1. The van der Waals surface area contributed by atoms with Gasteiger partial charge in [0.25, 0.3) is 0 Å². The van der Waals surface area contributed by atoms with E-state index in [4.69, 9.17) is 0 Å². The fourth-order valence-corrected chi connectivity index (χ4v) is 4.49. The van der Waals surface area contributed by atoms with Crippen LogP contribution in [0.5, 0.6) is 0 Å². The van der Waals surface area contributed by atoms with E-state index in [1.54, 1.807) is 24.5 Å². The molecule has 0 radical (unpaired) electrons. The van der Waals surface area contributed by atoms with Crippen LogP contribution < -0.4 is 16.0 Å². The van der Waals surface area contributed by atoms with Gasteiger partial charge in [0.1, 0.15) is 0 Å². The normalized spacial score (nSPS) is 14.8. The van der Waals surface area contributed by atoms with E-state index in [9.17, 15) is 18.0 Å². The van der Waals surface area contributed by atoms with Gasteiger partial charge >= 0.3 is 6.18 Å². The van der Waals surface area contributed by atoms with Crippen LogP contribution in [0.2, 0.25) is 0 Å². The predicted molar refractivity (Wildman–Crippen MR) is 118 cm³/mol. The number of rotatable bonds is 6. The van der Waals surface area contributed by atoms with Crippen LogP contribution >= 0.6 is 11.3 Å².